The Kier molecular flexibility index (Phi) is 15.9. The molecule has 2 aliphatic rings. The van der Waals surface area contributed by atoms with E-state index in [0.29, 0.717) is 58.7 Å². The number of carbonyl (C=O) groups is 6. The highest BCUT2D eigenvalue weighted by Crippen LogP contribution is 2.36. The molecule has 0 saturated carbocycles. The molecule has 2 aliphatic heterocycles. The predicted molar refractivity (Wildman–Crippen MR) is 252 cm³/mol. The van der Waals surface area contributed by atoms with E-state index < -0.39 is 65.3 Å². The molecular formula is C48H58N8O9S. The van der Waals surface area contributed by atoms with Crippen molar-refractivity contribution >= 4 is 74.3 Å². The van der Waals surface area contributed by atoms with Crippen LogP contribution in [0.2, 0.25) is 0 Å². The molecule has 2 aromatic carbocycles. The molecule has 0 spiro atoms. The third kappa shape index (κ3) is 12.7. The van der Waals surface area contributed by atoms with Crippen LogP contribution in [-0.2, 0) is 28.7 Å². The van der Waals surface area contributed by atoms with Crippen molar-refractivity contribution in [1.29, 1.82) is 0 Å². The molecule has 5 N–H and O–H groups in total. The maximum Gasteiger partial charge on any atom is 0.408 e. The van der Waals surface area contributed by atoms with Crippen molar-refractivity contribution in [2.75, 3.05) is 29.6 Å². The number of ketones is 1. The van der Waals surface area contributed by atoms with Crippen LogP contribution in [0.4, 0.5) is 21.3 Å². The second-order valence-electron chi connectivity index (χ2n) is 17.8. The highest BCUT2D eigenvalue weighted by Gasteiger charge is 2.45. The van der Waals surface area contributed by atoms with Gasteiger partial charge in [0.1, 0.15) is 47.0 Å². The van der Waals surface area contributed by atoms with Crippen LogP contribution in [0.25, 0.3) is 22.3 Å². The van der Waals surface area contributed by atoms with Crippen LogP contribution in [0.1, 0.15) is 87.0 Å². The monoisotopic (exact) mass is 922 g/mol. The van der Waals surface area contributed by atoms with E-state index in [1.807, 2.05) is 25.3 Å². The number of ether oxygens (including phenoxy) is 3. The second-order valence-corrected chi connectivity index (χ2v) is 18.7. The molecule has 17 nitrogen and oxygen atoms in total. The summed E-state index contributed by atoms with van der Waals surface area (Å²) in [5.74, 6) is 2.88. The normalized spacial score (nSPS) is 18.7. The summed E-state index contributed by atoms with van der Waals surface area (Å²) in [7, 11) is 1.56. The van der Waals surface area contributed by atoms with Gasteiger partial charge < -0.3 is 45.7 Å². The third-order valence-corrected chi connectivity index (χ3v) is 11.4. The molecule has 350 valence electrons. The molecule has 0 radical (unpaired) electrons. The van der Waals surface area contributed by atoms with E-state index in [0.717, 1.165) is 5.13 Å². The number of Topliss-reactive ketones (excluding diaryl/α,β-unsaturated/α-hetero) is 1. The van der Waals surface area contributed by atoms with E-state index in [9.17, 15) is 28.8 Å². The van der Waals surface area contributed by atoms with E-state index in [1.165, 1.54) is 16.2 Å². The Balaban J connectivity index is 1.34. The Hall–Kier alpha value is -6.74. The number of benzene rings is 2. The summed E-state index contributed by atoms with van der Waals surface area (Å²) < 4.78 is 17.8. The van der Waals surface area contributed by atoms with E-state index in [2.05, 4.69) is 38.4 Å². The van der Waals surface area contributed by atoms with Gasteiger partial charge in [-0.05, 0) is 77.6 Å². The average molecular weight is 923 g/mol. The van der Waals surface area contributed by atoms with Gasteiger partial charge in [-0.3, -0.25) is 24.0 Å². The molecule has 6 rings (SSSR count). The number of amides is 5. The van der Waals surface area contributed by atoms with Gasteiger partial charge in [-0.15, -0.1) is 23.2 Å². The lowest BCUT2D eigenvalue weighted by Gasteiger charge is -2.31. The lowest BCUT2D eigenvalue weighted by Crippen LogP contribution is -2.57. The van der Waals surface area contributed by atoms with Crippen LogP contribution >= 0.6 is 11.3 Å². The first-order valence-electron chi connectivity index (χ1n) is 22.1. The number of methoxy groups -OCH3 is 1. The minimum atomic E-state index is -1.41. The number of rotatable bonds is 11. The quantitative estimate of drug-likeness (QED) is 0.0786. The number of thiazole rings is 1. The Labute approximate surface area is 388 Å². The minimum absolute atomic E-state index is 0.0326. The Morgan fingerprint density at radius 2 is 1.68 bits per heavy atom. The average Bonchev–Trinajstić information content (AvgIpc) is 3.91. The van der Waals surface area contributed by atoms with Crippen molar-refractivity contribution < 1.29 is 43.0 Å². The van der Waals surface area contributed by atoms with Gasteiger partial charge in [-0.1, -0.05) is 26.0 Å². The molecule has 66 heavy (non-hydrogen) atoms. The number of hydrogen-bond donors (Lipinski definition) is 5. The molecular weight excluding hydrogens is 865 g/mol. The maximum atomic E-state index is 14.7. The van der Waals surface area contributed by atoms with E-state index in [1.54, 1.807) is 84.2 Å². The summed E-state index contributed by atoms with van der Waals surface area (Å²) in [5.41, 5.74) is 1.35. The summed E-state index contributed by atoms with van der Waals surface area (Å²) >= 11 is 1.44. The molecule has 1 fully saturated rings. The molecule has 2 aromatic heterocycles. The van der Waals surface area contributed by atoms with E-state index >= 15 is 0 Å². The lowest BCUT2D eigenvalue weighted by atomic mass is 10.0. The van der Waals surface area contributed by atoms with Crippen molar-refractivity contribution in [1.82, 2.24) is 25.5 Å². The first kappa shape index (κ1) is 48.7. The van der Waals surface area contributed by atoms with Crippen LogP contribution < -0.4 is 36.1 Å². The van der Waals surface area contributed by atoms with E-state index in [-0.39, 0.29) is 43.4 Å². The smallest absolute Gasteiger partial charge is 0.408 e. The molecule has 5 amide bonds. The van der Waals surface area contributed by atoms with Gasteiger partial charge in [0.2, 0.25) is 23.5 Å². The first-order chi connectivity index (χ1) is 31.4. The molecule has 0 bridgehead atoms. The number of nitrogens with one attached hydrogen (secondary N) is 5. The number of pyridine rings is 1. The van der Waals surface area contributed by atoms with Gasteiger partial charge >= 0.3 is 6.09 Å². The summed E-state index contributed by atoms with van der Waals surface area (Å²) in [6.07, 6.45) is 0.00961. The van der Waals surface area contributed by atoms with Gasteiger partial charge in [-0.25, -0.2) is 14.8 Å². The summed E-state index contributed by atoms with van der Waals surface area (Å²) in [5, 5.41) is 17.4. The number of aromatic nitrogens is 2. The van der Waals surface area contributed by atoms with Gasteiger partial charge in [0, 0.05) is 54.6 Å². The first-order valence-corrected chi connectivity index (χ1v) is 22.9. The third-order valence-electron chi connectivity index (χ3n) is 10.6. The largest absolute Gasteiger partial charge is 0.497 e. The van der Waals surface area contributed by atoms with Crippen molar-refractivity contribution in [2.24, 2.45) is 5.92 Å². The Bertz CT molecular complexity index is 2520. The second kappa shape index (κ2) is 21.5. The molecule has 4 atom stereocenters. The SMILES string of the molecule is COc1ccc2c(O[C@H]3C[C@@H](C(=O)N[C@@H]4CC#CCCCCC(=O)Nc5ccccc5NC(=O)C4=O)N(C(=O)[C@H](NC(=O)OC(C)(C)C)C(C)C)C3)cc(-c3csc(NC(C)C)n3)nc2c1. The number of nitrogens with zero attached hydrogens (tertiary/aromatic N) is 3. The summed E-state index contributed by atoms with van der Waals surface area (Å²) in [6, 6.07) is 10.0. The number of para-hydroxylation sites is 2. The fraction of sp³-hybridized carbons (Fsp3) is 0.458. The predicted octanol–water partition coefficient (Wildman–Crippen LogP) is 6.68. The number of anilines is 3. The van der Waals surface area contributed by atoms with Crippen molar-refractivity contribution in [3.8, 4) is 34.7 Å². The van der Waals surface area contributed by atoms with Gasteiger partial charge in [0.15, 0.2) is 5.13 Å². The van der Waals surface area contributed by atoms with Crippen LogP contribution in [0.15, 0.2) is 53.9 Å². The van der Waals surface area contributed by atoms with Gasteiger partial charge in [0.25, 0.3) is 5.91 Å². The minimum Gasteiger partial charge on any atom is -0.497 e. The molecule has 0 aliphatic carbocycles. The zero-order valence-corrected chi connectivity index (χ0v) is 39.4. The molecule has 0 unspecified atom stereocenters. The molecule has 1 saturated heterocycles. The molecule has 18 heteroatoms. The number of hydrogen-bond acceptors (Lipinski definition) is 13. The summed E-state index contributed by atoms with van der Waals surface area (Å²) in [6.45, 7) is 12.6. The standard InChI is InChI=1S/C48H58N8O9S/c1-27(2)41(55-47(62)65-48(5,6)7)45(61)56-25-30(64-39-24-36(37-26-66-46(54-37)49-28(3)4)50-35-22-29(63-8)20-21-31(35)39)23-38(56)43(59)53-34-18-12-10-9-11-13-19-40(57)51-32-16-14-15-17-33(32)52-44(60)42(34)58/h14-17,20-22,24,26-28,30,34,38,41H,9,11,13,18-19,23,25H2,1-8H3,(H,49,54)(H,51,57)(H,52,60)(H,53,59)(H,55,62)/t30-,34+,38-,41+/m0/s1. The van der Waals surface area contributed by atoms with Crippen LogP contribution in [0.5, 0.6) is 11.5 Å². The molecule has 4 heterocycles. The fourth-order valence-corrected chi connectivity index (χ4v) is 8.26. The zero-order valence-electron chi connectivity index (χ0n) is 38.5. The van der Waals surface area contributed by atoms with Crippen molar-refractivity contribution in [2.45, 2.75) is 123 Å². The van der Waals surface area contributed by atoms with Crippen LogP contribution in [0, 0.1) is 17.8 Å². The Morgan fingerprint density at radius 1 is 0.939 bits per heavy atom. The summed E-state index contributed by atoms with van der Waals surface area (Å²) in [4.78, 5) is 93.6. The zero-order chi connectivity index (χ0) is 47.7. The highest BCUT2D eigenvalue weighted by molar-refractivity contribution is 7.14. The number of alkyl carbamates (subject to hydrolysis) is 1. The lowest BCUT2D eigenvalue weighted by molar-refractivity contribution is -0.142. The van der Waals surface area contributed by atoms with Crippen molar-refractivity contribution in [3.63, 3.8) is 0 Å². The number of fused-ring (bicyclic) bond motifs is 2. The topological polar surface area (TPSA) is 219 Å². The van der Waals surface area contributed by atoms with E-state index in [4.69, 9.17) is 24.2 Å². The fourth-order valence-electron chi connectivity index (χ4n) is 7.41. The highest BCUT2D eigenvalue weighted by atomic mass is 32.1. The number of likely N-dealkylation sites (tertiary alicyclic amines) is 1. The maximum absolute atomic E-state index is 14.7. The van der Waals surface area contributed by atoms with Crippen molar-refractivity contribution in [3.05, 3.63) is 53.9 Å². The van der Waals surface area contributed by atoms with Gasteiger partial charge in [-0.2, -0.15) is 0 Å². The van der Waals surface area contributed by atoms with Gasteiger partial charge in [0.05, 0.1) is 36.2 Å². The van der Waals surface area contributed by atoms with Crippen LogP contribution in [-0.4, -0.2) is 99.9 Å². The number of carbonyl (C=O) groups excluding carboxylic acids is 6. The molecule has 4 aromatic rings. The Morgan fingerprint density at radius 3 is 2.38 bits per heavy atom. The van der Waals surface area contributed by atoms with Crippen LogP contribution in [0.3, 0.4) is 0 Å².